The maximum atomic E-state index is 10.7. The summed E-state index contributed by atoms with van der Waals surface area (Å²) in [7, 11) is -0.601. The zero-order chi connectivity index (χ0) is 8.81. The van der Waals surface area contributed by atoms with Crippen LogP contribution in [-0.2, 0) is 20.2 Å². The standard InChI is InChI=1S/C8H10O3P/c1-10-12(9)11-7-8-5-3-2-4-6-8/h2-6H,7H2,1H3. The molecule has 1 atom stereocenters. The molecule has 1 unspecified atom stereocenters. The summed E-state index contributed by atoms with van der Waals surface area (Å²) in [5, 5.41) is 0. The predicted octanol–water partition coefficient (Wildman–Crippen LogP) is 2.51. The van der Waals surface area contributed by atoms with Gasteiger partial charge in [0.1, 0.15) is 0 Å². The van der Waals surface area contributed by atoms with E-state index in [-0.39, 0.29) is 0 Å². The highest BCUT2D eigenvalue weighted by Gasteiger charge is 1.98. The average molecular weight is 185 g/mol. The van der Waals surface area contributed by atoms with E-state index in [0.717, 1.165) is 5.56 Å². The lowest BCUT2D eigenvalue weighted by Crippen LogP contribution is -1.84. The van der Waals surface area contributed by atoms with Crippen LogP contribution < -0.4 is 0 Å². The molecule has 65 valence electrons. The maximum absolute atomic E-state index is 10.7. The Labute approximate surface area is 72.3 Å². The van der Waals surface area contributed by atoms with Crippen LogP contribution in [0, 0.1) is 0 Å². The van der Waals surface area contributed by atoms with Crippen LogP contribution in [0.3, 0.4) is 0 Å². The van der Waals surface area contributed by atoms with Crippen molar-refractivity contribution in [2.45, 2.75) is 6.61 Å². The van der Waals surface area contributed by atoms with E-state index < -0.39 is 8.25 Å². The van der Waals surface area contributed by atoms with Crippen molar-refractivity contribution in [2.24, 2.45) is 0 Å². The van der Waals surface area contributed by atoms with Gasteiger partial charge < -0.3 is 0 Å². The molecule has 0 aromatic heterocycles. The number of hydrogen-bond acceptors (Lipinski definition) is 3. The zero-order valence-corrected chi connectivity index (χ0v) is 7.66. The molecule has 0 heterocycles. The van der Waals surface area contributed by atoms with E-state index in [4.69, 9.17) is 4.52 Å². The Kier molecular flexibility index (Phi) is 3.88. The molecular formula is C8H10O3P. The second kappa shape index (κ2) is 4.99. The summed E-state index contributed by atoms with van der Waals surface area (Å²) in [6, 6.07) is 9.52. The van der Waals surface area contributed by atoms with Crippen molar-refractivity contribution >= 4 is 8.25 Å². The molecule has 1 aromatic carbocycles. The van der Waals surface area contributed by atoms with Crippen LogP contribution in [0.15, 0.2) is 30.3 Å². The molecule has 0 N–H and O–H groups in total. The first-order chi connectivity index (χ1) is 5.83. The van der Waals surface area contributed by atoms with Crippen LogP contribution >= 0.6 is 8.25 Å². The van der Waals surface area contributed by atoms with Gasteiger partial charge in [0.15, 0.2) is 0 Å². The summed E-state index contributed by atoms with van der Waals surface area (Å²) in [5.74, 6) is 0. The molecule has 12 heavy (non-hydrogen) atoms. The molecule has 3 nitrogen and oxygen atoms in total. The van der Waals surface area contributed by atoms with Crippen molar-refractivity contribution in [3.05, 3.63) is 35.9 Å². The van der Waals surface area contributed by atoms with Gasteiger partial charge in [-0.1, -0.05) is 30.3 Å². The minimum absolute atomic E-state index is 0.323. The van der Waals surface area contributed by atoms with Gasteiger partial charge in [0.25, 0.3) is 0 Å². The van der Waals surface area contributed by atoms with Gasteiger partial charge in [-0.3, -0.25) is 9.05 Å². The minimum atomic E-state index is -1.95. The first kappa shape index (κ1) is 9.33. The Morgan fingerprint density at radius 2 is 2.00 bits per heavy atom. The normalized spacial score (nSPS) is 11.2. The summed E-state index contributed by atoms with van der Waals surface area (Å²) in [5.41, 5.74) is 0.984. The topological polar surface area (TPSA) is 35.5 Å². The van der Waals surface area contributed by atoms with Crippen LogP contribution in [0.2, 0.25) is 0 Å². The Bertz CT molecular complexity index is 248. The van der Waals surface area contributed by atoms with Crippen LogP contribution in [0.25, 0.3) is 0 Å². The second-order valence-corrected chi connectivity index (χ2v) is 3.24. The van der Waals surface area contributed by atoms with Crippen LogP contribution in [0.1, 0.15) is 5.56 Å². The van der Waals surface area contributed by atoms with Gasteiger partial charge >= 0.3 is 8.25 Å². The van der Waals surface area contributed by atoms with Crippen molar-refractivity contribution in [1.29, 1.82) is 0 Å². The van der Waals surface area contributed by atoms with Crippen molar-refractivity contribution in [3.63, 3.8) is 0 Å². The Morgan fingerprint density at radius 3 is 2.58 bits per heavy atom. The smallest absolute Gasteiger partial charge is 0.286 e. The first-order valence-electron chi connectivity index (χ1n) is 3.51. The second-order valence-electron chi connectivity index (χ2n) is 2.17. The van der Waals surface area contributed by atoms with E-state index in [1.807, 2.05) is 30.3 Å². The van der Waals surface area contributed by atoms with Crippen LogP contribution in [0.5, 0.6) is 0 Å². The van der Waals surface area contributed by atoms with Crippen molar-refractivity contribution < 1.29 is 13.6 Å². The van der Waals surface area contributed by atoms with Gasteiger partial charge in [0.2, 0.25) is 0 Å². The zero-order valence-electron chi connectivity index (χ0n) is 6.77. The van der Waals surface area contributed by atoms with Gasteiger partial charge in [-0.05, 0) is 5.56 Å². The molecule has 0 bridgehead atoms. The van der Waals surface area contributed by atoms with E-state index >= 15 is 0 Å². The fourth-order valence-corrected chi connectivity index (χ4v) is 1.11. The molecular weight excluding hydrogens is 175 g/mol. The lowest BCUT2D eigenvalue weighted by molar-refractivity contribution is 0.248. The highest BCUT2D eigenvalue weighted by molar-refractivity contribution is 7.33. The molecule has 1 aromatic rings. The highest BCUT2D eigenvalue weighted by Crippen LogP contribution is 2.23. The fourth-order valence-electron chi connectivity index (χ4n) is 0.754. The molecule has 4 heteroatoms. The monoisotopic (exact) mass is 185 g/mol. The summed E-state index contributed by atoms with van der Waals surface area (Å²) in [6.45, 7) is 0.323. The van der Waals surface area contributed by atoms with Crippen LogP contribution in [0.4, 0.5) is 0 Å². The van der Waals surface area contributed by atoms with Gasteiger partial charge in [-0.2, -0.15) is 0 Å². The third-order valence-electron chi connectivity index (χ3n) is 1.33. The van der Waals surface area contributed by atoms with Gasteiger partial charge in [-0.25, -0.2) is 4.57 Å². The van der Waals surface area contributed by atoms with Gasteiger partial charge in [0, 0.05) is 0 Å². The maximum Gasteiger partial charge on any atom is 0.368 e. The third-order valence-corrected chi connectivity index (χ3v) is 1.97. The van der Waals surface area contributed by atoms with Gasteiger partial charge in [0.05, 0.1) is 13.7 Å². The van der Waals surface area contributed by atoms with Crippen molar-refractivity contribution in [1.82, 2.24) is 0 Å². The Morgan fingerprint density at radius 1 is 1.33 bits per heavy atom. The summed E-state index contributed by atoms with van der Waals surface area (Å²) in [4.78, 5) is 0. The van der Waals surface area contributed by atoms with E-state index in [9.17, 15) is 4.57 Å². The molecule has 0 saturated carbocycles. The predicted molar refractivity (Wildman–Crippen MR) is 45.8 cm³/mol. The summed E-state index contributed by atoms with van der Waals surface area (Å²) in [6.07, 6.45) is 0. The molecule has 0 saturated heterocycles. The molecule has 0 aliphatic rings. The molecule has 0 aliphatic heterocycles. The molecule has 0 aliphatic carbocycles. The van der Waals surface area contributed by atoms with Gasteiger partial charge in [-0.15, -0.1) is 0 Å². The average Bonchev–Trinajstić information content (AvgIpc) is 2.16. The number of benzene rings is 1. The highest BCUT2D eigenvalue weighted by atomic mass is 31.1. The van der Waals surface area contributed by atoms with E-state index in [1.165, 1.54) is 7.11 Å². The fraction of sp³-hybridized carbons (Fsp3) is 0.250. The van der Waals surface area contributed by atoms with Crippen molar-refractivity contribution in [3.8, 4) is 0 Å². The molecule has 0 fully saturated rings. The number of rotatable bonds is 4. The quantitative estimate of drug-likeness (QED) is 0.676. The molecule has 0 spiro atoms. The number of hydrogen-bond donors (Lipinski definition) is 0. The lowest BCUT2D eigenvalue weighted by Gasteiger charge is -1.99. The SMILES string of the molecule is CO[P](=O)OCc1ccccc1. The largest absolute Gasteiger partial charge is 0.368 e. The Balaban J connectivity index is 2.38. The third kappa shape index (κ3) is 3.09. The van der Waals surface area contributed by atoms with Crippen LogP contribution in [-0.4, -0.2) is 7.11 Å². The minimum Gasteiger partial charge on any atom is -0.286 e. The molecule has 1 rings (SSSR count). The molecule has 1 radical (unpaired) electrons. The van der Waals surface area contributed by atoms with E-state index in [1.54, 1.807) is 0 Å². The lowest BCUT2D eigenvalue weighted by atomic mass is 10.2. The summed E-state index contributed by atoms with van der Waals surface area (Å²) >= 11 is 0. The first-order valence-corrected chi connectivity index (χ1v) is 4.60. The Hall–Kier alpha value is -0.760. The molecule has 0 amide bonds. The van der Waals surface area contributed by atoms with E-state index in [0.29, 0.717) is 6.61 Å². The van der Waals surface area contributed by atoms with E-state index in [2.05, 4.69) is 4.52 Å². The summed E-state index contributed by atoms with van der Waals surface area (Å²) < 4.78 is 20.0. The van der Waals surface area contributed by atoms with Crippen molar-refractivity contribution in [2.75, 3.05) is 7.11 Å².